The van der Waals surface area contributed by atoms with Crippen molar-refractivity contribution in [1.82, 2.24) is 0 Å². The summed E-state index contributed by atoms with van der Waals surface area (Å²) in [4.78, 5) is 25.9. The molecule has 3 aromatic carbocycles. The van der Waals surface area contributed by atoms with Gasteiger partial charge in [0.1, 0.15) is 5.82 Å². The molecule has 0 amide bonds. The molecule has 0 spiro atoms. The van der Waals surface area contributed by atoms with E-state index in [0.29, 0.717) is 0 Å². The average Bonchev–Trinajstić information content (AvgIpc) is 2.92. The van der Waals surface area contributed by atoms with E-state index in [9.17, 15) is 33.3 Å². The zero-order chi connectivity index (χ0) is 27.9. The Morgan fingerprint density at radius 1 is 0.974 bits per heavy atom. The molecule has 0 radical (unpaired) electrons. The highest BCUT2D eigenvalue weighted by Gasteiger charge is 2.45. The van der Waals surface area contributed by atoms with Gasteiger partial charge in [-0.05, 0) is 35.6 Å². The van der Waals surface area contributed by atoms with Crippen LogP contribution in [0.3, 0.4) is 0 Å². The highest BCUT2D eigenvalue weighted by molar-refractivity contribution is 6.02. The van der Waals surface area contributed by atoms with Gasteiger partial charge in [-0.2, -0.15) is 18.4 Å². The molecule has 2 N–H and O–H groups in total. The summed E-state index contributed by atoms with van der Waals surface area (Å²) in [5.74, 6) is -2.04. The van der Waals surface area contributed by atoms with Gasteiger partial charge in [-0.15, -0.1) is 0 Å². The van der Waals surface area contributed by atoms with Gasteiger partial charge in [0.15, 0.2) is 5.78 Å². The second kappa shape index (κ2) is 9.76. The van der Waals surface area contributed by atoms with Crippen molar-refractivity contribution in [2.45, 2.75) is 30.9 Å². The van der Waals surface area contributed by atoms with Gasteiger partial charge in [-0.3, -0.25) is 19.8 Å². The normalized spacial score (nSPS) is 19.5. The minimum Gasteiger partial charge on any atom is -0.384 e. The van der Waals surface area contributed by atoms with Gasteiger partial charge >= 0.3 is 6.18 Å². The van der Waals surface area contributed by atoms with E-state index in [0.717, 1.165) is 16.5 Å². The fourth-order valence-electron chi connectivity index (χ4n) is 5.43. The first-order chi connectivity index (χ1) is 18.6. The summed E-state index contributed by atoms with van der Waals surface area (Å²) in [6.45, 7) is 0. The maximum atomic E-state index is 14.1. The first-order valence-corrected chi connectivity index (χ1v) is 12.0. The molecule has 0 aromatic heterocycles. The highest BCUT2D eigenvalue weighted by Crippen LogP contribution is 2.51. The standard InChI is InChI=1S/C29H21F3N4O3/c30-29(31,32)22-11-4-5-12-23(22)35-24-14-19(17-7-2-1-3-8-17)15-25(37)27(24)26(21(16-33)28(35)34)18-9-6-10-20(13-18)36(38)39/h1-13,19,26H,14-15,34H2/t19-,26+/m1/s1. The van der Waals surface area contributed by atoms with Crippen LogP contribution in [0, 0.1) is 21.4 Å². The number of rotatable bonds is 4. The molecule has 0 saturated carbocycles. The first kappa shape index (κ1) is 25.7. The van der Waals surface area contributed by atoms with Gasteiger partial charge in [-0.1, -0.05) is 54.6 Å². The van der Waals surface area contributed by atoms with Gasteiger partial charge in [0.05, 0.1) is 33.7 Å². The molecule has 0 bridgehead atoms. The fourth-order valence-corrected chi connectivity index (χ4v) is 5.43. The largest absolute Gasteiger partial charge is 0.418 e. The number of allylic oxidation sites excluding steroid dienone is 3. The lowest BCUT2D eigenvalue weighted by Crippen LogP contribution is -2.40. The third-order valence-corrected chi connectivity index (χ3v) is 7.10. The van der Waals surface area contributed by atoms with Crippen LogP contribution >= 0.6 is 0 Å². The Balaban J connectivity index is 1.78. The van der Waals surface area contributed by atoms with E-state index in [2.05, 4.69) is 0 Å². The lowest BCUT2D eigenvalue weighted by atomic mass is 9.71. The third kappa shape index (κ3) is 4.52. The topological polar surface area (TPSA) is 113 Å². The van der Waals surface area contributed by atoms with E-state index in [1.54, 1.807) is 6.07 Å². The number of nitrogens with zero attached hydrogens (tertiary/aromatic N) is 3. The molecule has 1 aliphatic carbocycles. The Labute approximate surface area is 221 Å². The maximum Gasteiger partial charge on any atom is 0.418 e. The predicted molar refractivity (Wildman–Crippen MR) is 137 cm³/mol. The Hall–Kier alpha value is -4.91. The quantitative estimate of drug-likeness (QED) is 0.312. The van der Waals surface area contributed by atoms with Crippen molar-refractivity contribution in [1.29, 1.82) is 5.26 Å². The van der Waals surface area contributed by atoms with Gasteiger partial charge in [0, 0.05) is 29.8 Å². The number of nitro groups is 1. The predicted octanol–water partition coefficient (Wildman–Crippen LogP) is 6.31. The Bertz CT molecular complexity index is 1590. The van der Waals surface area contributed by atoms with Crippen LogP contribution in [0.4, 0.5) is 24.5 Å². The summed E-state index contributed by atoms with van der Waals surface area (Å²) >= 11 is 0. The monoisotopic (exact) mass is 530 g/mol. The van der Waals surface area contributed by atoms with Crippen LogP contribution in [-0.4, -0.2) is 10.7 Å². The Morgan fingerprint density at radius 2 is 1.64 bits per heavy atom. The number of benzene rings is 3. The second-order valence-electron chi connectivity index (χ2n) is 9.35. The highest BCUT2D eigenvalue weighted by atomic mass is 19.4. The molecule has 0 fully saturated rings. The number of nitriles is 1. The van der Waals surface area contributed by atoms with Crippen molar-refractivity contribution >= 4 is 17.2 Å². The fraction of sp³-hybridized carbons (Fsp3) is 0.172. The minimum atomic E-state index is -4.74. The number of carbonyl (C=O) groups is 1. The summed E-state index contributed by atoms with van der Waals surface area (Å²) < 4.78 is 42.4. The average molecular weight is 531 g/mol. The Morgan fingerprint density at radius 3 is 2.31 bits per heavy atom. The number of hydrogen-bond donors (Lipinski definition) is 1. The number of para-hydroxylation sites is 1. The first-order valence-electron chi connectivity index (χ1n) is 12.0. The van der Waals surface area contributed by atoms with Gasteiger partial charge in [0.25, 0.3) is 5.69 Å². The summed E-state index contributed by atoms with van der Waals surface area (Å²) in [5.41, 5.74) is 6.27. The number of hydrogen-bond acceptors (Lipinski definition) is 6. The molecule has 2 aliphatic rings. The maximum absolute atomic E-state index is 14.1. The zero-order valence-corrected chi connectivity index (χ0v) is 20.4. The second-order valence-corrected chi connectivity index (χ2v) is 9.35. The molecule has 0 unspecified atom stereocenters. The van der Waals surface area contributed by atoms with Crippen LogP contribution in [0.2, 0.25) is 0 Å². The number of nitro benzene ring substituents is 1. The molecule has 196 valence electrons. The smallest absolute Gasteiger partial charge is 0.384 e. The minimum absolute atomic E-state index is 0.0572. The summed E-state index contributed by atoms with van der Waals surface area (Å²) in [7, 11) is 0. The van der Waals surface area contributed by atoms with Crippen LogP contribution in [-0.2, 0) is 11.0 Å². The number of ketones is 1. The van der Waals surface area contributed by atoms with Crippen LogP contribution in [0.15, 0.2) is 102 Å². The summed E-state index contributed by atoms with van der Waals surface area (Å²) in [5, 5.41) is 21.6. The molecule has 5 rings (SSSR count). The van der Waals surface area contributed by atoms with Crippen molar-refractivity contribution in [2.24, 2.45) is 5.73 Å². The summed E-state index contributed by atoms with van der Waals surface area (Å²) in [6.07, 6.45) is -4.51. The molecule has 1 aliphatic heterocycles. The van der Waals surface area contributed by atoms with Crippen molar-refractivity contribution in [3.05, 3.63) is 128 Å². The molecule has 7 nitrogen and oxygen atoms in total. The molecule has 3 aromatic rings. The van der Waals surface area contributed by atoms with E-state index in [-0.39, 0.29) is 64.1 Å². The number of Topliss-reactive ketones (excluding diaryl/α,β-unsaturated/α-hetero) is 1. The molecule has 39 heavy (non-hydrogen) atoms. The lowest BCUT2D eigenvalue weighted by molar-refractivity contribution is -0.384. The van der Waals surface area contributed by atoms with Crippen molar-refractivity contribution < 1.29 is 22.9 Å². The number of anilines is 1. The van der Waals surface area contributed by atoms with E-state index < -0.39 is 22.6 Å². The van der Waals surface area contributed by atoms with E-state index in [1.807, 2.05) is 36.4 Å². The van der Waals surface area contributed by atoms with E-state index in [1.165, 1.54) is 36.4 Å². The van der Waals surface area contributed by atoms with Crippen LogP contribution in [0.1, 0.15) is 41.4 Å². The van der Waals surface area contributed by atoms with Crippen LogP contribution in [0.5, 0.6) is 0 Å². The van der Waals surface area contributed by atoms with Crippen molar-refractivity contribution in [2.75, 3.05) is 4.90 Å². The van der Waals surface area contributed by atoms with Gasteiger partial charge < -0.3 is 5.73 Å². The van der Waals surface area contributed by atoms with E-state index >= 15 is 0 Å². The molecule has 2 atom stereocenters. The van der Waals surface area contributed by atoms with Gasteiger partial charge in [0.2, 0.25) is 0 Å². The molecule has 0 saturated heterocycles. The molecule has 1 heterocycles. The van der Waals surface area contributed by atoms with Crippen LogP contribution < -0.4 is 10.6 Å². The van der Waals surface area contributed by atoms with Gasteiger partial charge in [-0.25, -0.2) is 0 Å². The SMILES string of the molecule is N#CC1=C(N)N(c2ccccc2C(F)(F)F)C2=C(C(=O)C[C@H](c3ccccc3)C2)[C@H]1c1cccc([N+](=O)[O-])c1. The Kier molecular flexibility index (Phi) is 6.44. The van der Waals surface area contributed by atoms with Crippen molar-refractivity contribution in [3.8, 4) is 6.07 Å². The van der Waals surface area contributed by atoms with Crippen LogP contribution in [0.25, 0.3) is 0 Å². The lowest BCUT2D eigenvalue weighted by Gasteiger charge is -2.42. The molecular weight excluding hydrogens is 509 g/mol. The third-order valence-electron chi connectivity index (χ3n) is 7.10. The number of halogens is 3. The number of alkyl halides is 3. The number of carbonyl (C=O) groups excluding carboxylic acids is 1. The van der Waals surface area contributed by atoms with E-state index in [4.69, 9.17) is 5.73 Å². The number of nitrogens with two attached hydrogens (primary N) is 1. The molecular formula is C29H21F3N4O3. The zero-order valence-electron chi connectivity index (χ0n) is 20.4. The summed E-state index contributed by atoms with van der Waals surface area (Å²) in [6, 6.07) is 21.5. The van der Waals surface area contributed by atoms with Crippen molar-refractivity contribution in [3.63, 3.8) is 0 Å². The molecule has 10 heteroatoms. The number of non-ortho nitro benzene ring substituents is 1.